The number of benzene rings is 2. The molecule has 32 heavy (non-hydrogen) atoms. The summed E-state index contributed by atoms with van der Waals surface area (Å²) in [5, 5.41) is 9.13. The molecule has 4 rings (SSSR count). The van der Waals surface area contributed by atoms with Crippen LogP contribution in [0.2, 0.25) is 0 Å². The van der Waals surface area contributed by atoms with Crippen LogP contribution in [0.1, 0.15) is 50.7 Å². The molecule has 0 amide bonds. The lowest BCUT2D eigenvalue weighted by Gasteiger charge is -2.07. The molecule has 1 N–H and O–H groups in total. The molecule has 1 atom stereocenters. The number of carbonyl (C=O) groups is 2. The lowest BCUT2D eigenvalue weighted by Crippen LogP contribution is -2.06. The minimum atomic E-state index is -1.01. The zero-order valence-electron chi connectivity index (χ0n) is 17.6. The summed E-state index contributed by atoms with van der Waals surface area (Å²) >= 11 is 1.63. The highest BCUT2D eigenvalue weighted by Crippen LogP contribution is 2.30. The Morgan fingerprint density at radius 1 is 1.03 bits per heavy atom. The second-order valence-electron chi connectivity index (χ2n) is 7.68. The standard InChI is InChI=1S/C26H21FO4S/c1-15-3-4-18(25(28)23-11-10-22(31-23)16(2)26(29)30)13-19(15)14-21-9-12-24(32-21)17-5-7-20(27)8-6-17/h3-13,16H,14H2,1-2H3,(H,29,30). The maximum absolute atomic E-state index is 13.2. The number of hydrogen-bond donors (Lipinski definition) is 1. The van der Waals surface area contributed by atoms with Crippen molar-refractivity contribution < 1.29 is 23.5 Å². The van der Waals surface area contributed by atoms with Crippen LogP contribution in [0, 0.1) is 12.7 Å². The van der Waals surface area contributed by atoms with Crippen LogP contribution in [0.4, 0.5) is 4.39 Å². The first kappa shape index (κ1) is 21.7. The number of halogens is 1. The van der Waals surface area contributed by atoms with Crippen molar-refractivity contribution in [1.82, 2.24) is 0 Å². The Balaban J connectivity index is 1.55. The van der Waals surface area contributed by atoms with Crippen LogP contribution in [0.15, 0.2) is 71.1 Å². The predicted octanol–water partition coefficient (Wildman–Crippen LogP) is 6.47. The lowest BCUT2D eigenvalue weighted by molar-refractivity contribution is -0.138. The molecule has 6 heteroatoms. The lowest BCUT2D eigenvalue weighted by atomic mass is 9.99. The molecular formula is C26H21FO4S. The Labute approximate surface area is 189 Å². The fourth-order valence-corrected chi connectivity index (χ4v) is 4.44. The van der Waals surface area contributed by atoms with E-state index in [0.29, 0.717) is 12.0 Å². The van der Waals surface area contributed by atoms with Gasteiger partial charge in [0.25, 0.3) is 0 Å². The smallest absolute Gasteiger partial charge is 0.313 e. The molecule has 0 spiro atoms. The largest absolute Gasteiger partial charge is 0.481 e. The third kappa shape index (κ3) is 4.55. The van der Waals surface area contributed by atoms with Crippen molar-refractivity contribution in [1.29, 1.82) is 0 Å². The zero-order valence-corrected chi connectivity index (χ0v) is 18.4. The maximum Gasteiger partial charge on any atom is 0.313 e. The molecule has 2 aromatic carbocycles. The third-order valence-electron chi connectivity index (χ3n) is 5.41. The number of rotatable bonds is 7. The zero-order chi connectivity index (χ0) is 22.8. The summed E-state index contributed by atoms with van der Waals surface area (Å²) < 4.78 is 18.7. The van der Waals surface area contributed by atoms with Gasteiger partial charge in [-0.15, -0.1) is 11.3 Å². The average molecular weight is 449 g/mol. The fourth-order valence-electron chi connectivity index (χ4n) is 3.40. The topological polar surface area (TPSA) is 67.5 Å². The molecule has 162 valence electrons. The number of thiophene rings is 1. The van der Waals surface area contributed by atoms with Gasteiger partial charge >= 0.3 is 5.97 Å². The van der Waals surface area contributed by atoms with E-state index in [1.54, 1.807) is 29.5 Å². The Hall–Kier alpha value is -3.51. The van der Waals surface area contributed by atoms with Crippen LogP contribution in [-0.4, -0.2) is 16.9 Å². The van der Waals surface area contributed by atoms with Gasteiger partial charge in [-0.3, -0.25) is 9.59 Å². The second-order valence-corrected chi connectivity index (χ2v) is 8.85. The fraction of sp³-hybridized carbons (Fsp3) is 0.154. The van der Waals surface area contributed by atoms with Crippen LogP contribution in [-0.2, 0) is 11.2 Å². The number of hydrogen-bond acceptors (Lipinski definition) is 4. The van der Waals surface area contributed by atoms with Crippen LogP contribution in [0.3, 0.4) is 0 Å². The molecule has 0 aliphatic carbocycles. The average Bonchev–Trinajstić information content (AvgIpc) is 3.45. The van der Waals surface area contributed by atoms with E-state index in [4.69, 9.17) is 9.52 Å². The molecule has 0 aliphatic heterocycles. The van der Waals surface area contributed by atoms with Gasteiger partial charge in [-0.25, -0.2) is 4.39 Å². The summed E-state index contributed by atoms with van der Waals surface area (Å²) in [6.45, 7) is 3.51. The molecule has 2 heterocycles. The number of ketones is 1. The van der Waals surface area contributed by atoms with E-state index < -0.39 is 11.9 Å². The monoisotopic (exact) mass is 448 g/mol. The minimum Gasteiger partial charge on any atom is -0.481 e. The molecule has 0 saturated carbocycles. The van der Waals surface area contributed by atoms with Crippen molar-refractivity contribution in [2.75, 3.05) is 0 Å². The van der Waals surface area contributed by atoms with Gasteiger partial charge in [0.05, 0.1) is 0 Å². The highest BCUT2D eigenvalue weighted by Gasteiger charge is 2.21. The molecular weight excluding hydrogens is 427 g/mol. The van der Waals surface area contributed by atoms with E-state index in [1.807, 2.05) is 31.2 Å². The highest BCUT2D eigenvalue weighted by atomic mass is 32.1. The quantitative estimate of drug-likeness (QED) is 0.329. The van der Waals surface area contributed by atoms with Crippen LogP contribution in [0.5, 0.6) is 0 Å². The predicted molar refractivity (Wildman–Crippen MR) is 122 cm³/mol. The first-order chi connectivity index (χ1) is 15.3. The summed E-state index contributed by atoms with van der Waals surface area (Å²) in [4.78, 5) is 26.3. The van der Waals surface area contributed by atoms with E-state index in [9.17, 15) is 14.0 Å². The Bertz CT molecular complexity index is 1280. The third-order valence-corrected chi connectivity index (χ3v) is 6.55. The normalized spacial score (nSPS) is 12.0. The van der Waals surface area contributed by atoms with Gasteiger partial charge in [0.15, 0.2) is 5.76 Å². The van der Waals surface area contributed by atoms with Crippen molar-refractivity contribution in [3.05, 3.63) is 106 Å². The molecule has 4 nitrogen and oxygen atoms in total. The Morgan fingerprint density at radius 3 is 2.50 bits per heavy atom. The molecule has 0 radical (unpaired) electrons. The summed E-state index contributed by atoms with van der Waals surface area (Å²) in [7, 11) is 0. The van der Waals surface area contributed by atoms with Gasteiger partial charge in [0, 0.05) is 21.7 Å². The van der Waals surface area contributed by atoms with Gasteiger partial charge in [-0.1, -0.05) is 24.3 Å². The molecule has 0 bridgehead atoms. The van der Waals surface area contributed by atoms with Crippen molar-refractivity contribution in [3.8, 4) is 10.4 Å². The summed E-state index contributed by atoms with van der Waals surface area (Å²) in [5.41, 5.74) is 3.55. The van der Waals surface area contributed by atoms with Crippen molar-refractivity contribution >= 4 is 23.1 Å². The van der Waals surface area contributed by atoms with E-state index in [2.05, 4.69) is 0 Å². The van der Waals surface area contributed by atoms with Gasteiger partial charge in [0.2, 0.25) is 5.78 Å². The molecule has 1 unspecified atom stereocenters. The summed E-state index contributed by atoms with van der Waals surface area (Å²) in [6.07, 6.45) is 0.665. The van der Waals surface area contributed by atoms with Gasteiger partial charge < -0.3 is 9.52 Å². The minimum absolute atomic E-state index is 0.123. The second kappa shape index (κ2) is 8.93. The first-order valence-electron chi connectivity index (χ1n) is 10.1. The number of furan rings is 1. The number of carbonyl (C=O) groups excluding carboxylic acids is 1. The van der Waals surface area contributed by atoms with Gasteiger partial charge in [-0.2, -0.15) is 0 Å². The van der Waals surface area contributed by atoms with Crippen LogP contribution >= 0.6 is 11.3 Å². The van der Waals surface area contributed by atoms with Gasteiger partial charge in [-0.05, 0) is 73.0 Å². The number of carboxylic acids is 1. The van der Waals surface area contributed by atoms with Crippen LogP contribution in [0.25, 0.3) is 10.4 Å². The van der Waals surface area contributed by atoms with Gasteiger partial charge in [0.1, 0.15) is 17.5 Å². The molecule has 4 aromatic rings. The number of aliphatic carboxylic acids is 1. The molecule has 2 aromatic heterocycles. The van der Waals surface area contributed by atoms with Crippen LogP contribution < -0.4 is 0 Å². The SMILES string of the molecule is Cc1ccc(C(=O)c2ccc(C(C)C(=O)O)o2)cc1Cc1ccc(-c2ccc(F)cc2)s1. The van der Waals surface area contributed by atoms with Crippen molar-refractivity contribution in [3.63, 3.8) is 0 Å². The van der Waals surface area contributed by atoms with Crippen molar-refractivity contribution in [2.45, 2.75) is 26.2 Å². The Kier molecular flexibility index (Phi) is 6.06. The Morgan fingerprint density at radius 2 is 1.78 bits per heavy atom. The van der Waals surface area contributed by atoms with E-state index >= 15 is 0 Å². The van der Waals surface area contributed by atoms with Crippen molar-refractivity contribution in [2.24, 2.45) is 0 Å². The van der Waals surface area contributed by atoms with E-state index in [1.165, 1.54) is 31.2 Å². The summed E-state index contributed by atoms with van der Waals surface area (Å²) in [6, 6.07) is 19.1. The molecule has 0 saturated heterocycles. The number of aryl methyl sites for hydroxylation is 1. The first-order valence-corrected chi connectivity index (χ1v) is 10.9. The number of carboxylic acid groups (broad SMARTS) is 1. The van der Waals surface area contributed by atoms with E-state index in [-0.39, 0.29) is 23.1 Å². The highest BCUT2D eigenvalue weighted by molar-refractivity contribution is 7.15. The molecule has 0 aliphatic rings. The maximum atomic E-state index is 13.2. The summed E-state index contributed by atoms with van der Waals surface area (Å²) in [5.74, 6) is -2.00. The van der Waals surface area contributed by atoms with E-state index in [0.717, 1.165) is 26.4 Å². The molecule has 0 fully saturated rings.